The molecule has 0 bridgehead atoms. The van der Waals surface area contributed by atoms with E-state index in [1.165, 1.54) is 5.56 Å². The van der Waals surface area contributed by atoms with Crippen molar-refractivity contribution in [3.63, 3.8) is 0 Å². The molecule has 10 nitrogen and oxygen atoms in total. The van der Waals surface area contributed by atoms with Gasteiger partial charge >= 0.3 is 12.1 Å². The smallest absolute Gasteiger partial charge is 0.356 e. The van der Waals surface area contributed by atoms with Gasteiger partial charge in [0.15, 0.2) is 0 Å². The van der Waals surface area contributed by atoms with Gasteiger partial charge in [0.25, 0.3) is 0 Å². The molecule has 168 valence electrons. The van der Waals surface area contributed by atoms with Gasteiger partial charge in [-0.25, -0.2) is 35.9 Å². The first-order valence-electron chi connectivity index (χ1n) is 10.1. The molecule has 2 aromatic rings. The van der Waals surface area contributed by atoms with Crippen LogP contribution in [0, 0.1) is 0 Å². The molecule has 0 radical (unpaired) electrons. The lowest BCUT2D eigenvalue weighted by Gasteiger charge is -2.25. The summed E-state index contributed by atoms with van der Waals surface area (Å²) in [6, 6.07) is 10.3. The Morgan fingerprint density at radius 2 is 1.91 bits per heavy atom. The predicted octanol–water partition coefficient (Wildman–Crippen LogP) is 3.51. The minimum atomic E-state index is -0.652. The number of pyridine rings is 1. The molecule has 1 aliphatic rings. The molecule has 1 aromatic carbocycles. The Morgan fingerprint density at radius 1 is 1.19 bits per heavy atom. The highest BCUT2D eigenvalue weighted by molar-refractivity contribution is 5.99. The largest absolute Gasteiger partial charge is 0.439 e. The second kappa shape index (κ2) is 9.46. The lowest BCUT2D eigenvalue weighted by Crippen LogP contribution is -2.56. The first-order chi connectivity index (χ1) is 15.1. The number of benzene rings is 1. The van der Waals surface area contributed by atoms with Crippen molar-refractivity contribution in [2.45, 2.75) is 40.0 Å². The molecule has 10 heteroatoms. The van der Waals surface area contributed by atoms with E-state index >= 15 is 0 Å². The summed E-state index contributed by atoms with van der Waals surface area (Å²) in [7, 11) is 0. The van der Waals surface area contributed by atoms with Crippen LogP contribution in [0.2, 0.25) is 0 Å². The number of urea groups is 2. The highest BCUT2D eigenvalue weighted by atomic mass is 16.5. The molecule has 0 atom stereocenters. The van der Waals surface area contributed by atoms with Gasteiger partial charge < -0.3 is 4.74 Å². The van der Waals surface area contributed by atoms with Crippen molar-refractivity contribution in [3.8, 4) is 11.6 Å². The van der Waals surface area contributed by atoms with Gasteiger partial charge in [-0.2, -0.15) is 10.2 Å². The number of hydrazine groups is 1. The molecule has 0 unspecified atom stereocenters. The lowest BCUT2D eigenvalue weighted by molar-refractivity contribution is 0.173. The summed E-state index contributed by atoms with van der Waals surface area (Å²) in [5.41, 5.74) is 10.2. The Labute approximate surface area is 186 Å². The van der Waals surface area contributed by atoms with Crippen LogP contribution in [0.1, 0.15) is 45.7 Å². The molecular formula is C22H27N7O3. The number of hydrogen-bond acceptors (Lipinski definition) is 6. The molecular weight excluding hydrogens is 410 g/mol. The van der Waals surface area contributed by atoms with Gasteiger partial charge in [-0.05, 0) is 43.0 Å². The lowest BCUT2D eigenvalue weighted by atomic mass is 9.87. The summed E-state index contributed by atoms with van der Waals surface area (Å²) in [5.74, 6) is 1.15. The highest BCUT2D eigenvalue weighted by Crippen LogP contribution is 2.26. The van der Waals surface area contributed by atoms with E-state index in [0.717, 1.165) is 5.01 Å². The molecule has 3 N–H and O–H groups in total. The molecule has 0 fully saturated rings. The number of nitrogens with one attached hydrogen (secondary N) is 3. The van der Waals surface area contributed by atoms with Crippen LogP contribution in [-0.2, 0) is 5.41 Å². The molecule has 0 aliphatic carbocycles. The number of carbonyl (C=O) groups is 2. The quantitative estimate of drug-likeness (QED) is 0.490. The molecule has 1 aliphatic heterocycles. The predicted molar refractivity (Wildman–Crippen MR) is 122 cm³/mol. The van der Waals surface area contributed by atoms with E-state index in [1.54, 1.807) is 32.2 Å². The minimum absolute atomic E-state index is 0.0770. The van der Waals surface area contributed by atoms with E-state index in [9.17, 15) is 9.59 Å². The van der Waals surface area contributed by atoms with Gasteiger partial charge in [-0.15, -0.1) is 0 Å². The van der Waals surface area contributed by atoms with E-state index in [0.29, 0.717) is 28.6 Å². The van der Waals surface area contributed by atoms with Gasteiger partial charge in [0, 0.05) is 17.8 Å². The van der Waals surface area contributed by atoms with Crippen LogP contribution in [0.15, 0.2) is 52.8 Å². The third-order valence-corrected chi connectivity index (χ3v) is 4.63. The van der Waals surface area contributed by atoms with Crippen molar-refractivity contribution in [2.75, 3.05) is 6.54 Å². The summed E-state index contributed by atoms with van der Waals surface area (Å²) in [4.78, 5) is 28.0. The van der Waals surface area contributed by atoms with Crippen LogP contribution in [0.25, 0.3) is 0 Å². The minimum Gasteiger partial charge on any atom is -0.439 e. The maximum atomic E-state index is 12.0. The van der Waals surface area contributed by atoms with Gasteiger partial charge in [0.2, 0.25) is 5.88 Å². The number of hydrogen-bond donors (Lipinski definition) is 3. The summed E-state index contributed by atoms with van der Waals surface area (Å²) in [6.07, 6.45) is 1.61. The van der Waals surface area contributed by atoms with Crippen LogP contribution >= 0.6 is 0 Å². The van der Waals surface area contributed by atoms with Crippen LogP contribution < -0.4 is 21.0 Å². The van der Waals surface area contributed by atoms with E-state index in [-0.39, 0.29) is 12.0 Å². The fourth-order valence-corrected chi connectivity index (χ4v) is 2.78. The van der Waals surface area contributed by atoms with E-state index < -0.39 is 12.1 Å². The number of amides is 4. The van der Waals surface area contributed by atoms with Gasteiger partial charge in [-0.3, -0.25) is 0 Å². The summed E-state index contributed by atoms with van der Waals surface area (Å²) in [6.45, 7) is 10.1. The SMILES string of the molecule is CC1=NNC(=O)N(NC(=O)N/N=C(\C)c2ccc(Oc3ccc(C(C)(C)C)cc3)nc2)C1. The van der Waals surface area contributed by atoms with Crippen molar-refractivity contribution in [2.24, 2.45) is 10.2 Å². The molecule has 0 spiro atoms. The first-order valence-corrected chi connectivity index (χ1v) is 10.1. The molecule has 0 saturated carbocycles. The van der Waals surface area contributed by atoms with E-state index in [1.807, 2.05) is 24.3 Å². The number of ether oxygens (including phenoxy) is 1. The second-order valence-electron chi connectivity index (χ2n) is 8.36. The van der Waals surface area contributed by atoms with E-state index in [2.05, 4.69) is 52.2 Å². The molecule has 4 amide bonds. The zero-order valence-electron chi connectivity index (χ0n) is 18.8. The zero-order valence-corrected chi connectivity index (χ0v) is 18.8. The molecule has 0 saturated heterocycles. The number of hydrazone groups is 2. The maximum Gasteiger partial charge on any atom is 0.356 e. The normalized spacial score (nSPS) is 14.4. The number of rotatable bonds is 5. The monoisotopic (exact) mass is 437 g/mol. The molecule has 32 heavy (non-hydrogen) atoms. The summed E-state index contributed by atoms with van der Waals surface area (Å²) < 4.78 is 5.80. The van der Waals surface area contributed by atoms with Gasteiger partial charge in [0.1, 0.15) is 5.75 Å². The van der Waals surface area contributed by atoms with Crippen molar-refractivity contribution in [1.82, 2.24) is 26.3 Å². The van der Waals surface area contributed by atoms with Crippen molar-refractivity contribution in [3.05, 3.63) is 53.7 Å². The Morgan fingerprint density at radius 3 is 2.53 bits per heavy atom. The Bertz CT molecular complexity index is 1040. The first kappa shape index (κ1) is 22.7. The maximum absolute atomic E-state index is 12.0. The van der Waals surface area contributed by atoms with Crippen LogP contribution in [0.4, 0.5) is 9.59 Å². The molecule has 1 aromatic heterocycles. The summed E-state index contributed by atoms with van der Waals surface area (Å²) in [5, 5.41) is 8.92. The topological polar surface area (TPSA) is 120 Å². The third-order valence-electron chi connectivity index (χ3n) is 4.63. The van der Waals surface area contributed by atoms with Crippen molar-refractivity contribution in [1.29, 1.82) is 0 Å². The summed E-state index contributed by atoms with van der Waals surface area (Å²) >= 11 is 0. The van der Waals surface area contributed by atoms with Gasteiger partial charge in [0.05, 0.1) is 18.0 Å². The second-order valence-corrected chi connectivity index (χ2v) is 8.36. The number of nitrogens with zero attached hydrogens (tertiary/aromatic N) is 4. The zero-order chi connectivity index (χ0) is 23.3. The van der Waals surface area contributed by atoms with Crippen LogP contribution in [-0.4, -0.2) is 40.0 Å². The fraction of sp³-hybridized carbons (Fsp3) is 0.318. The third kappa shape index (κ3) is 6.03. The number of aromatic nitrogens is 1. The molecule has 3 rings (SSSR count). The standard InChI is InChI=1S/C22H27N7O3/c1-14-13-29(21(31)27-24-14)28-20(30)26-25-15(2)16-6-11-19(23-12-16)32-18-9-7-17(8-10-18)22(3,4)5/h6-12H,13H2,1-5H3,(H,27,31)(H2,26,28,30)/b25-15+. The van der Waals surface area contributed by atoms with E-state index in [4.69, 9.17) is 4.74 Å². The highest BCUT2D eigenvalue weighted by Gasteiger charge is 2.20. The average Bonchev–Trinajstić information content (AvgIpc) is 2.75. The molecule has 2 heterocycles. The van der Waals surface area contributed by atoms with Crippen LogP contribution in [0.3, 0.4) is 0 Å². The van der Waals surface area contributed by atoms with Crippen molar-refractivity contribution >= 4 is 23.5 Å². The fourth-order valence-electron chi connectivity index (χ4n) is 2.78. The Kier molecular flexibility index (Phi) is 6.72. The van der Waals surface area contributed by atoms with Crippen LogP contribution in [0.5, 0.6) is 11.6 Å². The Balaban J connectivity index is 1.55. The van der Waals surface area contributed by atoms with Crippen molar-refractivity contribution < 1.29 is 14.3 Å². The van der Waals surface area contributed by atoms with Gasteiger partial charge in [-0.1, -0.05) is 32.9 Å². The average molecular weight is 438 g/mol. The number of carbonyl (C=O) groups excluding carboxylic acids is 2. The Hall–Kier alpha value is -3.95.